The van der Waals surface area contributed by atoms with Crippen LogP contribution < -0.4 is 0 Å². The Balaban J connectivity index is 1.89. The minimum Gasteiger partial charge on any atom is -0.370 e. The second-order valence-corrected chi connectivity index (χ2v) is 2.67. The first-order chi connectivity index (χ1) is 3.97. The van der Waals surface area contributed by atoms with Gasteiger partial charge in [-0.05, 0) is 25.7 Å². The fourth-order valence-electron chi connectivity index (χ4n) is 1.39. The van der Waals surface area contributed by atoms with Crippen molar-refractivity contribution in [2.75, 3.05) is 0 Å². The molecule has 0 amide bonds. The van der Waals surface area contributed by atoms with Gasteiger partial charge in [0.05, 0.1) is 12.2 Å². The summed E-state index contributed by atoms with van der Waals surface area (Å²) in [5, 5.41) is 0. The van der Waals surface area contributed by atoms with Gasteiger partial charge in [0, 0.05) is 0 Å². The van der Waals surface area contributed by atoms with Gasteiger partial charge in [0.25, 0.3) is 0 Å². The van der Waals surface area contributed by atoms with E-state index in [2.05, 4.69) is 6.42 Å². The fraction of sp³-hybridized carbons (Fsp3) is 0.857. The number of epoxide rings is 1. The third-order valence-electron chi connectivity index (χ3n) is 1.98. The molecule has 0 aromatic heterocycles. The van der Waals surface area contributed by atoms with Gasteiger partial charge in [-0.25, -0.2) is 0 Å². The van der Waals surface area contributed by atoms with Crippen molar-refractivity contribution >= 4 is 0 Å². The van der Waals surface area contributed by atoms with Crippen molar-refractivity contribution in [1.82, 2.24) is 0 Å². The van der Waals surface area contributed by atoms with E-state index in [1.165, 1.54) is 25.7 Å². The molecule has 2 rings (SSSR count). The normalized spacial score (nSPS) is 45.0. The van der Waals surface area contributed by atoms with E-state index in [1.54, 1.807) is 0 Å². The van der Waals surface area contributed by atoms with Gasteiger partial charge in [-0.2, -0.15) is 0 Å². The van der Waals surface area contributed by atoms with Gasteiger partial charge in [0.15, 0.2) is 0 Å². The molecule has 0 N–H and O–H groups in total. The predicted octanol–water partition coefficient (Wildman–Crippen LogP) is 1.53. The molecule has 1 radical (unpaired) electrons. The van der Waals surface area contributed by atoms with Crippen LogP contribution in [0.25, 0.3) is 0 Å². The Morgan fingerprint density at radius 3 is 3.38 bits per heavy atom. The van der Waals surface area contributed by atoms with Gasteiger partial charge in [0.2, 0.25) is 0 Å². The fourth-order valence-corrected chi connectivity index (χ4v) is 1.39. The molecule has 2 fully saturated rings. The zero-order valence-electron chi connectivity index (χ0n) is 4.97. The predicted molar refractivity (Wildman–Crippen MR) is 31.4 cm³/mol. The lowest BCUT2D eigenvalue weighted by Crippen LogP contribution is -1.87. The molecule has 2 aliphatic rings. The Labute approximate surface area is 50.0 Å². The number of hydrogen-bond acceptors (Lipinski definition) is 1. The molecule has 8 heavy (non-hydrogen) atoms. The standard InChI is InChI=1S/C7H11O/c1-2-4-6-7(8-6)5-3-1/h2,6-7H,1,3-5H2. The van der Waals surface area contributed by atoms with Crippen LogP contribution in [-0.2, 0) is 4.74 Å². The third-order valence-corrected chi connectivity index (χ3v) is 1.98. The van der Waals surface area contributed by atoms with Gasteiger partial charge in [-0.3, -0.25) is 0 Å². The Morgan fingerprint density at radius 2 is 2.38 bits per heavy atom. The van der Waals surface area contributed by atoms with Gasteiger partial charge in [-0.15, -0.1) is 0 Å². The third kappa shape index (κ3) is 0.752. The summed E-state index contributed by atoms with van der Waals surface area (Å²) < 4.78 is 5.33. The molecule has 0 spiro atoms. The molecule has 0 aromatic rings. The minimum absolute atomic E-state index is 0.637. The Kier molecular flexibility index (Phi) is 1.04. The van der Waals surface area contributed by atoms with E-state index in [4.69, 9.17) is 4.74 Å². The first kappa shape index (κ1) is 4.80. The molecule has 1 heterocycles. The molecule has 2 unspecified atom stereocenters. The van der Waals surface area contributed by atoms with Crippen LogP contribution in [0.1, 0.15) is 25.7 Å². The lowest BCUT2D eigenvalue weighted by atomic mass is 10.2. The summed E-state index contributed by atoms with van der Waals surface area (Å²) >= 11 is 0. The highest BCUT2D eigenvalue weighted by Gasteiger charge is 2.38. The van der Waals surface area contributed by atoms with Gasteiger partial charge < -0.3 is 4.74 Å². The van der Waals surface area contributed by atoms with E-state index in [1.807, 2.05) is 0 Å². The maximum atomic E-state index is 5.33. The van der Waals surface area contributed by atoms with Crippen molar-refractivity contribution in [3.8, 4) is 0 Å². The summed E-state index contributed by atoms with van der Waals surface area (Å²) in [6, 6.07) is 0. The summed E-state index contributed by atoms with van der Waals surface area (Å²) in [5.41, 5.74) is 0. The van der Waals surface area contributed by atoms with Crippen molar-refractivity contribution in [3.63, 3.8) is 0 Å². The number of fused-ring (bicyclic) bond motifs is 1. The van der Waals surface area contributed by atoms with E-state index in [9.17, 15) is 0 Å². The van der Waals surface area contributed by atoms with E-state index < -0.39 is 0 Å². The monoisotopic (exact) mass is 111 g/mol. The van der Waals surface area contributed by atoms with Crippen molar-refractivity contribution in [1.29, 1.82) is 0 Å². The summed E-state index contributed by atoms with van der Waals surface area (Å²) in [5.74, 6) is 0. The maximum Gasteiger partial charge on any atom is 0.0844 e. The quantitative estimate of drug-likeness (QED) is 0.432. The molecule has 0 aromatic carbocycles. The van der Waals surface area contributed by atoms with Gasteiger partial charge >= 0.3 is 0 Å². The molecule has 1 saturated heterocycles. The lowest BCUT2D eigenvalue weighted by Gasteiger charge is -1.90. The highest BCUT2D eigenvalue weighted by molar-refractivity contribution is 4.92. The zero-order chi connectivity index (χ0) is 5.40. The van der Waals surface area contributed by atoms with Crippen molar-refractivity contribution in [2.45, 2.75) is 37.9 Å². The first-order valence-electron chi connectivity index (χ1n) is 3.44. The molecule has 45 valence electrons. The topological polar surface area (TPSA) is 12.5 Å². The summed E-state index contributed by atoms with van der Waals surface area (Å²) in [7, 11) is 0. The first-order valence-corrected chi connectivity index (χ1v) is 3.44. The zero-order valence-corrected chi connectivity index (χ0v) is 4.97. The van der Waals surface area contributed by atoms with E-state index >= 15 is 0 Å². The van der Waals surface area contributed by atoms with E-state index in [-0.39, 0.29) is 0 Å². The van der Waals surface area contributed by atoms with E-state index in [0.717, 1.165) is 0 Å². The molecule has 1 saturated carbocycles. The van der Waals surface area contributed by atoms with Gasteiger partial charge in [0.1, 0.15) is 0 Å². The molecular formula is C7H11O. The second kappa shape index (κ2) is 1.73. The summed E-state index contributed by atoms with van der Waals surface area (Å²) in [6.07, 6.45) is 8.84. The van der Waals surface area contributed by atoms with Crippen LogP contribution in [0.3, 0.4) is 0 Å². The van der Waals surface area contributed by atoms with Crippen molar-refractivity contribution in [3.05, 3.63) is 6.42 Å². The summed E-state index contributed by atoms with van der Waals surface area (Å²) in [4.78, 5) is 0. The van der Waals surface area contributed by atoms with Gasteiger partial charge in [-0.1, -0.05) is 6.42 Å². The van der Waals surface area contributed by atoms with E-state index in [0.29, 0.717) is 12.2 Å². The molecule has 1 heteroatoms. The van der Waals surface area contributed by atoms with Crippen LogP contribution in [0.4, 0.5) is 0 Å². The average molecular weight is 111 g/mol. The molecular weight excluding hydrogens is 100 g/mol. The maximum absolute atomic E-state index is 5.33. The van der Waals surface area contributed by atoms with Crippen LogP contribution in [0.15, 0.2) is 0 Å². The highest BCUT2D eigenvalue weighted by Crippen LogP contribution is 2.34. The summed E-state index contributed by atoms with van der Waals surface area (Å²) in [6.45, 7) is 0. The van der Waals surface area contributed by atoms with Crippen LogP contribution in [0, 0.1) is 6.42 Å². The molecule has 1 aliphatic heterocycles. The smallest absolute Gasteiger partial charge is 0.0844 e. The molecule has 2 atom stereocenters. The average Bonchev–Trinajstić information content (AvgIpc) is 2.36. The van der Waals surface area contributed by atoms with Crippen LogP contribution >= 0.6 is 0 Å². The Bertz CT molecular complexity index is 80.4. The number of ether oxygens (including phenoxy) is 1. The highest BCUT2D eigenvalue weighted by atomic mass is 16.6. The van der Waals surface area contributed by atoms with Crippen LogP contribution in [-0.4, -0.2) is 12.2 Å². The second-order valence-electron chi connectivity index (χ2n) is 2.67. The Morgan fingerprint density at radius 1 is 1.38 bits per heavy atom. The molecule has 0 bridgehead atoms. The minimum atomic E-state index is 0.637. The van der Waals surface area contributed by atoms with Crippen LogP contribution in [0.5, 0.6) is 0 Å². The number of rotatable bonds is 0. The number of hydrogen-bond donors (Lipinski definition) is 0. The van der Waals surface area contributed by atoms with Crippen molar-refractivity contribution in [2.24, 2.45) is 0 Å². The Hall–Kier alpha value is -0.0400. The van der Waals surface area contributed by atoms with Crippen LogP contribution in [0.2, 0.25) is 0 Å². The lowest BCUT2D eigenvalue weighted by molar-refractivity contribution is 0.349. The molecule has 1 nitrogen and oxygen atoms in total. The van der Waals surface area contributed by atoms with Crippen molar-refractivity contribution < 1.29 is 4.74 Å². The largest absolute Gasteiger partial charge is 0.370 e. The SMILES string of the molecule is [CH]1CCCC2OC2C1. The molecule has 1 aliphatic carbocycles.